The number of nitrogens with zero attached hydrogens (tertiary/aromatic N) is 4. The molecule has 7 heteroatoms. The fourth-order valence-corrected chi connectivity index (χ4v) is 4.42. The van der Waals surface area contributed by atoms with Gasteiger partial charge in [0.1, 0.15) is 11.6 Å². The number of carbonyl (C=O) groups is 1. The molecular formula is C24H19FN4OS. The van der Waals surface area contributed by atoms with Gasteiger partial charge in [-0.25, -0.2) is 14.4 Å². The normalized spacial score (nSPS) is 14.2. The molecule has 0 fully saturated rings. The Bertz CT molecular complexity index is 1320. The summed E-state index contributed by atoms with van der Waals surface area (Å²) in [5.74, 6) is 0.925. The van der Waals surface area contributed by atoms with E-state index in [0.717, 1.165) is 33.4 Å². The molecule has 5 nitrogen and oxygen atoms in total. The summed E-state index contributed by atoms with van der Waals surface area (Å²) in [4.78, 5) is 17.1. The van der Waals surface area contributed by atoms with Crippen molar-refractivity contribution in [2.75, 3.05) is 5.75 Å². The zero-order chi connectivity index (χ0) is 21.4. The molecule has 1 aromatic heterocycles. The average Bonchev–Trinajstić information content (AvgIpc) is 3.12. The number of rotatable bonds is 4. The molecule has 31 heavy (non-hydrogen) atoms. The SMILES string of the molecule is Cn1c(-c2cccc(F)c2)nc2cc(C3=NN(Cc4ccccc4)C(=O)SC3)ccc21. The first-order valence-corrected chi connectivity index (χ1v) is 10.9. The number of benzene rings is 3. The number of hydrazone groups is 1. The summed E-state index contributed by atoms with van der Waals surface area (Å²) in [5.41, 5.74) is 5.27. The third kappa shape index (κ3) is 3.84. The smallest absolute Gasteiger partial charge is 0.302 e. The molecule has 154 valence electrons. The van der Waals surface area contributed by atoms with Crippen LogP contribution in [-0.2, 0) is 13.6 Å². The molecular weight excluding hydrogens is 411 g/mol. The van der Waals surface area contributed by atoms with Crippen LogP contribution in [0.25, 0.3) is 22.4 Å². The maximum absolute atomic E-state index is 13.7. The summed E-state index contributed by atoms with van der Waals surface area (Å²) in [6.07, 6.45) is 0. The predicted octanol–water partition coefficient (Wildman–Crippen LogP) is 5.45. The molecule has 0 saturated carbocycles. The first kappa shape index (κ1) is 19.5. The van der Waals surface area contributed by atoms with Gasteiger partial charge in [0.05, 0.1) is 23.3 Å². The van der Waals surface area contributed by atoms with Gasteiger partial charge in [-0.15, -0.1) is 0 Å². The largest absolute Gasteiger partial charge is 0.327 e. The zero-order valence-corrected chi connectivity index (χ0v) is 17.6. The number of thioether (sulfide) groups is 1. The Labute approximate surface area is 183 Å². The monoisotopic (exact) mass is 430 g/mol. The second kappa shape index (κ2) is 8.00. The van der Waals surface area contributed by atoms with Crippen LogP contribution in [0.3, 0.4) is 0 Å². The second-order valence-electron chi connectivity index (χ2n) is 7.35. The Hall–Kier alpha value is -3.45. The minimum Gasteiger partial charge on any atom is -0.327 e. The van der Waals surface area contributed by atoms with E-state index in [1.54, 1.807) is 6.07 Å². The van der Waals surface area contributed by atoms with Crippen molar-refractivity contribution in [1.29, 1.82) is 0 Å². The number of aryl methyl sites for hydroxylation is 1. The maximum atomic E-state index is 13.7. The first-order valence-electron chi connectivity index (χ1n) is 9.87. The molecule has 3 aromatic carbocycles. The van der Waals surface area contributed by atoms with Crippen molar-refractivity contribution in [1.82, 2.24) is 14.6 Å². The van der Waals surface area contributed by atoms with Crippen LogP contribution < -0.4 is 0 Å². The van der Waals surface area contributed by atoms with Crippen LogP contribution in [-0.4, -0.2) is 31.3 Å². The molecule has 0 radical (unpaired) electrons. The first-order chi connectivity index (χ1) is 15.1. The van der Waals surface area contributed by atoms with Crippen molar-refractivity contribution in [3.63, 3.8) is 0 Å². The molecule has 1 aliphatic heterocycles. The Morgan fingerprint density at radius 3 is 2.65 bits per heavy atom. The van der Waals surface area contributed by atoms with Gasteiger partial charge in [-0.3, -0.25) is 4.79 Å². The Morgan fingerprint density at radius 1 is 1.00 bits per heavy atom. The van der Waals surface area contributed by atoms with E-state index in [0.29, 0.717) is 18.1 Å². The summed E-state index contributed by atoms with van der Waals surface area (Å²) in [6, 6.07) is 22.2. The number of hydrogen-bond acceptors (Lipinski definition) is 4. The molecule has 1 aliphatic rings. The topological polar surface area (TPSA) is 50.5 Å². The van der Waals surface area contributed by atoms with Crippen LogP contribution in [0.4, 0.5) is 9.18 Å². The van der Waals surface area contributed by atoms with Crippen molar-refractivity contribution in [3.8, 4) is 11.4 Å². The van der Waals surface area contributed by atoms with Crippen LogP contribution in [0.1, 0.15) is 11.1 Å². The lowest BCUT2D eigenvalue weighted by Gasteiger charge is -2.23. The van der Waals surface area contributed by atoms with Gasteiger partial charge in [-0.2, -0.15) is 5.10 Å². The predicted molar refractivity (Wildman–Crippen MR) is 122 cm³/mol. The lowest BCUT2D eigenvalue weighted by atomic mass is 10.1. The van der Waals surface area contributed by atoms with Crippen molar-refractivity contribution in [2.45, 2.75) is 6.54 Å². The minimum absolute atomic E-state index is 0.0556. The van der Waals surface area contributed by atoms with E-state index in [1.807, 2.05) is 66.2 Å². The van der Waals surface area contributed by atoms with Crippen molar-refractivity contribution < 1.29 is 9.18 Å². The van der Waals surface area contributed by atoms with Gasteiger partial charge in [-0.1, -0.05) is 60.3 Å². The van der Waals surface area contributed by atoms with Crippen LogP contribution in [0, 0.1) is 5.82 Å². The van der Waals surface area contributed by atoms with E-state index in [1.165, 1.54) is 28.9 Å². The van der Waals surface area contributed by atoms with Crippen molar-refractivity contribution >= 4 is 33.7 Å². The zero-order valence-electron chi connectivity index (χ0n) is 16.8. The number of fused-ring (bicyclic) bond motifs is 1. The number of halogens is 1. The Kier molecular flexibility index (Phi) is 5.03. The van der Waals surface area contributed by atoms with Crippen molar-refractivity contribution in [3.05, 3.63) is 89.7 Å². The van der Waals surface area contributed by atoms with E-state index in [4.69, 9.17) is 4.98 Å². The minimum atomic E-state index is -0.290. The van der Waals surface area contributed by atoms with E-state index < -0.39 is 0 Å². The molecule has 0 atom stereocenters. The number of imidazole rings is 1. The summed E-state index contributed by atoms with van der Waals surface area (Å²) in [7, 11) is 1.92. The van der Waals surface area contributed by atoms with Gasteiger partial charge in [-0.05, 0) is 29.8 Å². The van der Waals surface area contributed by atoms with Crippen LogP contribution in [0.15, 0.2) is 77.9 Å². The number of hydrogen-bond donors (Lipinski definition) is 0. The Morgan fingerprint density at radius 2 is 1.84 bits per heavy atom. The van der Waals surface area contributed by atoms with E-state index in [2.05, 4.69) is 5.10 Å². The van der Waals surface area contributed by atoms with Gasteiger partial charge in [0.2, 0.25) is 0 Å². The quantitative estimate of drug-likeness (QED) is 0.432. The molecule has 2 heterocycles. The highest BCUT2D eigenvalue weighted by Crippen LogP contribution is 2.27. The maximum Gasteiger partial charge on any atom is 0.302 e. The Balaban J connectivity index is 1.49. The number of carbonyl (C=O) groups excluding carboxylic acids is 1. The second-order valence-corrected chi connectivity index (χ2v) is 8.28. The molecule has 5 rings (SSSR count). The van der Waals surface area contributed by atoms with Gasteiger partial charge in [0.15, 0.2) is 0 Å². The standard InChI is InChI=1S/C24H19FN4OS/c1-28-22-11-10-17(13-20(22)26-23(28)18-8-5-9-19(25)12-18)21-15-31-24(30)29(27-21)14-16-6-3-2-4-7-16/h2-13H,14-15H2,1H3. The molecule has 4 aromatic rings. The molecule has 0 unspecified atom stereocenters. The van der Waals surface area contributed by atoms with Crippen LogP contribution in [0.2, 0.25) is 0 Å². The number of amides is 1. The van der Waals surface area contributed by atoms with Crippen LogP contribution in [0.5, 0.6) is 0 Å². The van der Waals surface area contributed by atoms with Gasteiger partial charge < -0.3 is 4.57 Å². The lowest BCUT2D eigenvalue weighted by Crippen LogP contribution is -2.29. The van der Waals surface area contributed by atoms with Gasteiger partial charge in [0, 0.05) is 23.9 Å². The van der Waals surface area contributed by atoms with E-state index in [9.17, 15) is 9.18 Å². The van der Waals surface area contributed by atoms with E-state index in [-0.39, 0.29) is 11.1 Å². The molecule has 1 amide bonds. The van der Waals surface area contributed by atoms with E-state index >= 15 is 0 Å². The summed E-state index contributed by atoms with van der Waals surface area (Å²) < 4.78 is 15.6. The fraction of sp³-hybridized carbons (Fsp3) is 0.125. The molecule has 0 aliphatic carbocycles. The highest BCUT2D eigenvalue weighted by atomic mass is 32.2. The van der Waals surface area contributed by atoms with Gasteiger partial charge in [0.25, 0.3) is 0 Å². The summed E-state index contributed by atoms with van der Waals surface area (Å²) in [6.45, 7) is 0.436. The lowest BCUT2D eigenvalue weighted by molar-refractivity contribution is 0.222. The highest BCUT2D eigenvalue weighted by molar-refractivity contribution is 8.14. The molecule has 0 spiro atoms. The number of aromatic nitrogens is 2. The summed E-state index contributed by atoms with van der Waals surface area (Å²) >= 11 is 1.25. The molecule has 0 saturated heterocycles. The van der Waals surface area contributed by atoms with Gasteiger partial charge >= 0.3 is 5.24 Å². The average molecular weight is 431 g/mol. The summed E-state index contributed by atoms with van der Waals surface area (Å²) in [5, 5.41) is 6.09. The molecule has 0 N–H and O–H groups in total. The highest BCUT2D eigenvalue weighted by Gasteiger charge is 2.23. The third-order valence-corrected chi connectivity index (χ3v) is 6.13. The third-order valence-electron chi connectivity index (χ3n) is 5.26. The molecule has 0 bridgehead atoms. The van der Waals surface area contributed by atoms with Crippen molar-refractivity contribution in [2.24, 2.45) is 12.1 Å². The fourth-order valence-electron chi connectivity index (χ4n) is 3.68. The van der Waals surface area contributed by atoms with Crippen LogP contribution >= 0.6 is 11.8 Å².